The summed E-state index contributed by atoms with van der Waals surface area (Å²) < 4.78 is 5.74. The number of hydrogen-bond acceptors (Lipinski definition) is 5. The van der Waals surface area contributed by atoms with Crippen molar-refractivity contribution in [1.82, 2.24) is 10.3 Å². The predicted molar refractivity (Wildman–Crippen MR) is 84.5 cm³/mol. The average Bonchev–Trinajstić information content (AvgIpc) is 3.23. The first-order valence-corrected chi connectivity index (χ1v) is 7.89. The Morgan fingerprint density at radius 1 is 1.41 bits per heavy atom. The highest BCUT2D eigenvalue weighted by Gasteiger charge is 2.45. The number of rotatable bonds is 4. The quantitative estimate of drug-likeness (QED) is 0.860. The Bertz CT molecular complexity index is 532. The maximum Gasteiger partial charge on any atom is 0.240 e. The van der Waals surface area contributed by atoms with Crippen LogP contribution in [0.15, 0.2) is 18.3 Å². The van der Waals surface area contributed by atoms with Gasteiger partial charge in [-0.25, -0.2) is 4.98 Å². The fourth-order valence-corrected chi connectivity index (χ4v) is 2.79. The molecule has 3 rings (SSSR count). The Hall–Kier alpha value is -1.66. The van der Waals surface area contributed by atoms with Gasteiger partial charge in [-0.15, -0.1) is 0 Å². The molecule has 2 heterocycles. The van der Waals surface area contributed by atoms with Crippen LogP contribution in [0.3, 0.4) is 0 Å². The zero-order valence-corrected chi connectivity index (χ0v) is 13.2. The second kappa shape index (κ2) is 5.85. The SMILES string of the molecule is CC1CN(c2ccc(CNC(=O)C3(N)CC3)cn2)CC(C)O1. The summed E-state index contributed by atoms with van der Waals surface area (Å²) >= 11 is 0. The van der Waals surface area contributed by atoms with Gasteiger partial charge in [0, 0.05) is 25.8 Å². The summed E-state index contributed by atoms with van der Waals surface area (Å²) in [4.78, 5) is 18.6. The normalized spacial score (nSPS) is 26.6. The van der Waals surface area contributed by atoms with Gasteiger partial charge in [-0.1, -0.05) is 6.07 Å². The van der Waals surface area contributed by atoms with Crippen LogP contribution in [0.5, 0.6) is 0 Å². The number of anilines is 1. The lowest BCUT2D eigenvalue weighted by atomic mass is 10.2. The maximum atomic E-state index is 11.8. The van der Waals surface area contributed by atoms with Crippen LogP contribution in [0.4, 0.5) is 5.82 Å². The number of carbonyl (C=O) groups is 1. The second-order valence-electron chi connectivity index (χ2n) is 6.53. The lowest BCUT2D eigenvalue weighted by molar-refractivity contribution is -0.123. The van der Waals surface area contributed by atoms with E-state index in [0.29, 0.717) is 6.54 Å². The van der Waals surface area contributed by atoms with Crippen LogP contribution < -0.4 is 16.0 Å². The molecule has 2 aliphatic rings. The molecule has 1 aromatic rings. The maximum absolute atomic E-state index is 11.8. The van der Waals surface area contributed by atoms with Gasteiger partial charge < -0.3 is 20.7 Å². The van der Waals surface area contributed by atoms with Crippen molar-refractivity contribution in [3.05, 3.63) is 23.9 Å². The Morgan fingerprint density at radius 3 is 2.64 bits per heavy atom. The topological polar surface area (TPSA) is 80.5 Å². The van der Waals surface area contributed by atoms with E-state index in [0.717, 1.165) is 37.3 Å². The van der Waals surface area contributed by atoms with Crippen LogP contribution in [0.1, 0.15) is 32.3 Å². The van der Waals surface area contributed by atoms with E-state index in [1.54, 1.807) is 0 Å². The van der Waals surface area contributed by atoms with Crippen molar-refractivity contribution in [2.75, 3.05) is 18.0 Å². The molecular weight excluding hydrogens is 280 g/mol. The molecule has 3 N–H and O–H groups in total. The number of aromatic nitrogens is 1. The van der Waals surface area contributed by atoms with Gasteiger partial charge in [0.2, 0.25) is 5.91 Å². The second-order valence-corrected chi connectivity index (χ2v) is 6.53. The largest absolute Gasteiger partial charge is 0.372 e. The van der Waals surface area contributed by atoms with E-state index in [1.165, 1.54) is 0 Å². The molecule has 1 aliphatic heterocycles. The molecule has 2 unspecified atom stereocenters. The minimum Gasteiger partial charge on any atom is -0.372 e. The predicted octanol–water partition coefficient (Wildman–Crippen LogP) is 0.803. The van der Waals surface area contributed by atoms with Gasteiger partial charge in [-0.2, -0.15) is 0 Å². The Labute approximate surface area is 131 Å². The van der Waals surface area contributed by atoms with Gasteiger partial charge in [-0.05, 0) is 38.3 Å². The molecule has 0 bridgehead atoms. The first-order chi connectivity index (χ1) is 10.5. The standard InChI is InChI=1S/C16H24N4O2/c1-11-9-20(10-12(2)22-11)14-4-3-13(7-18-14)8-19-15(21)16(17)5-6-16/h3-4,7,11-12H,5-6,8-10,17H2,1-2H3,(H,19,21). The summed E-state index contributed by atoms with van der Waals surface area (Å²) in [6.45, 7) is 6.33. The molecule has 0 radical (unpaired) electrons. The fraction of sp³-hybridized carbons (Fsp3) is 0.625. The highest BCUT2D eigenvalue weighted by Crippen LogP contribution is 2.32. The van der Waals surface area contributed by atoms with Gasteiger partial charge >= 0.3 is 0 Å². The van der Waals surface area contributed by atoms with Gasteiger partial charge in [0.25, 0.3) is 0 Å². The zero-order chi connectivity index (χ0) is 15.7. The Morgan fingerprint density at radius 2 is 2.09 bits per heavy atom. The molecule has 1 saturated heterocycles. The molecule has 6 nitrogen and oxygen atoms in total. The summed E-state index contributed by atoms with van der Waals surface area (Å²) in [5.74, 6) is 0.891. The first-order valence-electron chi connectivity index (χ1n) is 7.89. The fourth-order valence-electron chi connectivity index (χ4n) is 2.79. The van der Waals surface area contributed by atoms with Gasteiger partial charge in [0.15, 0.2) is 0 Å². The molecule has 2 fully saturated rings. The lowest BCUT2D eigenvalue weighted by Gasteiger charge is -2.36. The van der Waals surface area contributed by atoms with Gasteiger partial charge in [0.05, 0.1) is 17.7 Å². The van der Waals surface area contributed by atoms with E-state index in [1.807, 2.05) is 18.3 Å². The molecule has 2 atom stereocenters. The van der Waals surface area contributed by atoms with Crippen molar-refractivity contribution in [2.24, 2.45) is 5.73 Å². The third-order valence-corrected chi connectivity index (χ3v) is 4.25. The molecule has 0 aromatic carbocycles. The monoisotopic (exact) mass is 304 g/mol. The summed E-state index contributed by atoms with van der Waals surface area (Å²) in [7, 11) is 0. The number of morpholine rings is 1. The number of ether oxygens (including phenoxy) is 1. The summed E-state index contributed by atoms with van der Waals surface area (Å²) in [5, 5.41) is 2.88. The summed E-state index contributed by atoms with van der Waals surface area (Å²) in [5.41, 5.74) is 6.22. The Balaban J connectivity index is 1.57. The number of nitrogens with two attached hydrogens (primary N) is 1. The van der Waals surface area contributed by atoms with E-state index in [-0.39, 0.29) is 18.1 Å². The first kappa shape index (κ1) is 15.2. The van der Waals surface area contributed by atoms with E-state index in [9.17, 15) is 4.79 Å². The Kier molecular flexibility index (Phi) is 4.06. The smallest absolute Gasteiger partial charge is 0.240 e. The highest BCUT2D eigenvalue weighted by atomic mass is 16.5. The highest BCUT2D eigenvalue weighted by molar-refractivity contribution is 5.88. The zero-order valence-electron chi connectivity index (χ0n) is 13.2. The summed E-state index contributed by atoms with van der Waals surface area (Å²) in [6, 6.07) is 4.01. The summed E-state index contributed by atoms with van der Waals surface area (Å²) in [6.07, 6.45) is 3.80. The number of nitrogens with zero attached hydrogens (tertiary/aromatic N) is 2. The molecule has 1 saturated carbocycles. The third kappa shape index (κ3) is 3.39. The van der Waals surface area contributed by atoms with E-state index in [4.69, 9.17) is 10.5 Å². The van der Waals surface area contributed by atoms with Crippen molar-refractivity contribution in [1.29, 1.82) is 0 Å². The number of carbonyl (C=O) groups excluding carboxylic acids is 1. The molecular formula is C16H24N4O2. The molecule has 1 amide bonds. The number of nitrogens with one attached hydrogen (secondary N) is 1. The van der Waals surface area contributed by atoms with E-state index >= 15 is 0 Å². The minimum absolute atomic E-state index is 0.0626. The van der Waals surface area contributed by atoms with Crippen molar-refractivity contribution in [2.45, 2.75) is 51.0 Å². The number of hydrogen-bond donors (Lipinski definition) is 2. The van der Waals surface area contributed by atoms with E-state index < -0.39 is 5.54 Å². The van der Waals surface area contributed by atoms with Crippen molar-refractivity contribution >= 4 is 11.7 Å². The van der Waals surface area contributed by atoms with Crippen molar-refractivity contribution in [3.63, 3.8) is 0 Å². The average molecular weight is 304 g/mol. The van der Waals surface area contributed by atoms with Crippen LogP contribution in [0.25, 0.3) is 0 Å². The van der Waals surface area contributed by atoms with Crippen LogP contribution in [-0.4, -0.2) is 41.7 Å². The van der Waals surface area contributed by atoms with E-state index in [2.05, 4.69) is 29.0 Å². The van der Waals surface area contributed by atoms with Crippen LogP contribution in [0, 0.1) is 0 Å². The van der Waals surface area contributed by atoms with Crippen LogP contribution in [0.2, 0.25) is 0 Å². The molecule has 6 heteroatoms. The third-order valence-electron chi connectivity index (χ3n) is 4.25. The van der Waals surface area contributed by atoms with Gasteiger partial charge in [0.1, 0.15) is 5.82 Å². The van der Waals surface area contributed by atoms with Crippen molar-refractivity contribution in [3.8, 4) is 0 Å². The van der Waals surface area contributed by atoms with Gasteiger partial charge in [-0.3, -0.25) is 4.79 Å². The van der Waals surface area contributed by atoms with Crippen LogP contribution >= 0.6 is 0 Å². The molecule has 120 valence electrons. The minimum atomic E-state index is -0.618. The molecule has 0 spiro atoms. The number of amides is 1. The lowest BCUT2D eigenvalue weighted by Crippen LogP contribution is -2.45. The molecule has 1 aliphatic carbocycles. The molecule has 1 aromatic heterocycles. The van der Waals surface area contributed by atoms with Crippen LogP contribution in [-0.2, 0) is 16.1 Å². The number of pyridine rings is 1. The van der Waals surface area contributed by atoms with Crippen molar-refractivity contribution < 1.29 is 9.53 Å². The molecule has 22 heavy (non-hydrogen) atoms.